The molecule has 0 aromatic rings. The van der Waals surface area contributed by atoms with Crippen LogP contribution in [0.5, 0.6) is 0 Å². The summed E-state index contributed by atoms with van der Waals surface area (Å²) in [5.74, 6) is 0. The first-order valence-electron chi connectivity index (χ1n) is 6.30. The Morgan fingerprint density at radius 3 is 2.53 bits per heavy atom. The average molecular weight is 212 g/mol. The van der Waals surface area contributed by atoms with E-state index < -0.39 is 0 Å². The summed E-state index contributed by atoms with van der Waals surface area (Å²) in [6, 6.07) is 0.652. The first-order valence-corrected chi connectivity index (χ1v) is 6.30. The quantitative estimate of drug-likeness (QED) is 0.773. The van der Waals surface area contributed by atoms with Crippen molar-refractivity contribution < 1.29 is 0 Å². The molecule has 1 aliphatic heterocycles. The Morgan fingerprint density at radius 1 is 1.40 bits per heavy atom. The Hall–Kier alpha value is -0.0800. The van der Waals surface area contributed by atoms with Gasteiger partial charge in [-0.3, -0.25) is 4.90 Å². The van der Waals surface area contributed by atoms with Crippen LogP contribution in [0.25, 0.3) is 0 Å². The van der Waals surface area contributed by atoms with Crippen molar-refractivity contribution in [3.05, 3.63) is 0 Å². The second kappa shape index (κ2) is 4.42. The molecule has 1 fully saturated rings. The van der Waals surface area contributed by atoms with Gasteiger partial charge in [0, 0.05) is 30.2 Å². The van der Waals surface area contributed by atoms with Gasteiger partial charge in [0.1, 0.15) is 0 Å². The molecule has 1 heterocycles. The SMILES string of the molecule is CCCC(C)(C)N1CC(C)(C)NCC1C. The van der Waals surface area contributed by atoms with E-state index >= 15 is 0 Å². The van der Waals surface area contributed by atoms with E-state index in [-0.39, 0.29) is 5.54 Å². The van der Waals surface area contributed by atoms with Crippen LogP contribution >= 0.6 is 0 Å². The molecule has 1 atom stereocenters. The number of nitrogens with one attached hydrogen (secondary N) is 1. The Kier molecular flexibility index (Phi) is 3.83. The summed E-state index contributed by atoms with van der Waals surface area (Å²) in [7, 11) is 0. The largest absolute Gasteiger partial charge is 0.309 e. The molecule has 1 saturated heterocycles. The van der Waals surface area contributed by atoms with Gasteiger partial charge < -0.3 is 5.32 Å². The highest BCUT2D eigenvalue weighted by Crippen LogP contribution is 2.27. The van der Waals surface area contributed by atoms with Crippen LogP contribution in [0.4, 0.5) is 0 Å². The van der Waals surface area contributed by atoms with Crippen LogP contribution in [-0.2, 0) is 0 Å². The van der Waals surface area contributed by atoms with Gasteiger partial charge in [0.05, 0.1) is 0 Å². The summed E-state index contributed by atoms with van der Waals surface area (Å²) in [5, 5.41) is 3.61. The topological polar surface area (TPSA) is 15.3 Å². The van der Waals surface area contributed by atoms with Crippen molar-refractivity contribution in [3.8, 4) is 0 Å². The van der Waals surface area contributed by atoms with Gasteiger partial charge in [0.2, 0.25) is 0 Å². The molecule has 90 valence electrons. The summed E-state index contributed by atoms with van der Waals surface area (Å²) in [6.45, 7) is 16.2. The number of piperazine rings is 1. The van der Waals surface area contributed by atoms with Crippen molar-refractivity contribution in [2.75, 3.05) is 13.1 Å². The molecule has 0 aromatic heterocycles. The third-order valence-electron chi connectivity index (χ3n) is 3.61. The maximum atomic E-state index is 3.61. The summed E-state index contributed by atoms with van der Waals surface area (Å²) in [6.07, 6.45) is 2.55. The van der Waals surface area contributed by atoms with Gasteiger partial charge in [-0.15, -0.1) is 0 Å². The highest BCUT2D eigenvalue weighted by Gasteiger charge is 2.37. The van der Waals surface area contributed by atoms with Crippen LogP contribution < -0.4 is 5.32 Å². The lowest BCUT2D eigenvalue weighted by Gasteiger charge is -2.51. The van der Waals surface area contributed by atoms with Crippen LogP contribution in [0.15, 0.2) is 0 Å². The number of hydrogen-bond acceptors (Lipinski definition) is 2. The van der Waals surface area contributed by atoms with Crippen molar-refractivity contribution in [1.29, 1.82) is 0 Å². The molecule has 2 nitrogen and oxygen atoms in total. The zero-order chi connectivity index (χ0) is 11.7. The van der Waals surface area contributed by atoms with Gasteiger partial charge in [-0.1, -0.05) is 13.3 Å². The molecule has 0 bridgehead atoms. The molecular weight excluding hydrogens is 184 g/mol. The third-order valence-corrected chi connectivity index (χ3v) is 3.61. The van der Waals surface area contributed by atoms with Gasteiger partial charge in [0.15, 0.2) is 0 Å². The Labute approximate surface area is 95.4 Å². The molecule has 0 radical (unpaired) electrons. The molecule has 0 spiro atoms. The van der Waals surface area contributed by atoms with Crippen molar-refractivity contribution in [1.82, 2.24) is 10.2 Å². The second-order valence-corrected chi connectivity index (χ2v) is 6.30. The van der Waals surface area contributed by atoms with Gasteiger partial charge >= 0.3 is 0 Å². The summed E-state index contributed by atoms with van der Waals surface area (Å²) in [5.41, 5.74) is 0.602. The molecule has 0 amide bonds. The molecule has 0 saturated carbocycles. The molecule has 15 heavy (non-hydrogen) atoms. The minimum Gasteiger partial charge on any atom is -0.309 e. The van der Waals surface area contributed by atoms with E-state index in [0.29, 0.717) is 11.6 Å². The summed E-state index contributed by atoms with van der Waals surface area (Å²) >= 11 is 0. The maximum Gasteiger partial charge on any atom is 0.0253 e. The highest BCUT2D eigenvalue weighted by molar-refractivity contribution is 4.96. The van der Waals surface area contributed by atoms with Gasteiger partial charge in [-0.25, -0.2) is 0 Å². The van der Waals surface area contributed by atoms with Crippen LogP contribution in [0.3, 0.4) is 0 Å². The fraction of sp³-hybridized carbons (Fsp3) is 1.00. The predicted octanol–water partition coefficient (Wildman–Crippen LogP) is 2.64. The molecular formula is C13H28N2. The number of nitrogens with zero attached hydrogens (tertiary/aromatic N) is 1. The molecule has 1 N–H and O–H groups in total. The number of hydrogen-bond donors (Lipinski definition) is 1. The van der Waals surface area contributed by atoms with Crippen LogP contribution in [0, 0.1) is 0 Å². The van der Waals surface area contributed by atoms with E-state index in [2.05, 4.69) is 51.8 Å². The maximum absolute atomic E-state index is 3.61. The van der Waals surface area contributed by atoms with Crippen molar-refractivity contribution in [2.45, 2.75) is 71.5 Å². The Balaban J connectivity index is 2.73. The highest BCUT2D eigenvalue weighted by atomic mass is 15.3. The molecule has 1 rings (SSSR count). The fourth-order valence-electron chi connectivity index (χ4n) is 2.74. The Morgan fingerprint density at radius 2 is 2.00 bits per heavy atom. The van der Waals surface area contributed by atoms with Gasteiger partial charge in [-0.2, -0.15) is 0 Å². The number of rotatable bonds is 3. The lowest BCUT2D eigenvalue weighted by atomic mass is 9.89. The third kappa shape index (κ3) is 3.18. The minimum absolute atomic E-state index is 0.261. The van der Waals surface area contributed by atoms with E-state index in [0.717, 1.165) is 13.1 Å². The van der Waals surface area contributed by atoms with Crippen LogP contribution in [0.2, 0.25) is 0 Å². The van der Waals surface area contributed by atoms with E-state index in [1.54, 1.807) is 0 Å². The van der Waals surface area contributed by atoms with Crippen molar-refractivity contribution >= 4 is 0 Å². The van der Waals surface area contributed by atoms with Crippen LogP contribution in [0.1, 0.15) is 54.4 Å². The Bertz CT molecular complexity index is 209. The molecule has 1 aliphatic rings. The van der Waals surface area contributed by atoms with E-state index in [9.17, 15) is 0 Å². The van der Waals surface area contributed by atoms with Crippen molar-refractivity contribution in [3.63, 3.8) is 0 Å². The van der Waals surface area contributed by atoms with Crippen LogP contribution in [-0.4, -0.2) is 35.1 Å². The monoisotopic (exact) mass is 212 g/mol. The lowest BCUT2D eigenvalue weighted by molar-refractivity contribution is 0.0119. The average Bonchev–Trinajstić information content (AvgIpc) is 2.09. The first kappa shape index (κ1) is 13.0. The van der Waals surface area contributed by atoms with E-state index in [1.165, 1.54) is 12.8 Å². The zero-order valence-corrected chi connectivity index (χ0v) is 11.4. The normalized spacial score (nSPS) is 28.0. The van der Waals surface area contributed by atoms with Gasteiger partial charge in [0.25, 0.3) is 0 Å². The van der Waals surface area contributed by atoms with Crippen molar-refractivity contribution in [2.24, 2.45) is 0 Å². The minimum atomic E-state index is 0.261. The smallest absolute Gasteiger partial charge is 0.0253 e. The molecule has 0 aliphatic carbocycles. The molecule has 2 heteroatoms. The van der Waals surface area contributed by atoms with E-state index in [4.69, 9.17) is 0 Å². The molecule has 0 aromatic carbocycles. The summed E-state index contributed by atoms with van der Waals surface area (Å²) in [4.78, 5) is 2.67. The second-order valence-electron chi connectivity index (χ2n) is 6.30. The zero-order valence-electron chi connectivity index (χ0n) is 11.4. The standard InChI is InChI=1S/C13H28N2/c1-7-8-13(5,6)15-10-12(3,4)14-9-11(15)2/h11,14H,7-10H2,1-6H3. The van der Waals surface area contributed by atoms with Gasteiger partial charge in [-0.05, 0) is 41.0 Å². The fourth-order valence-corrected chi connectivity index (χ4v) is 2.74. The lowest BCUT2D eigenvalue weighted by Crippen LogP contribution is -2.65. The van der Waals surface area contributed by atoms with E-state index in [1.807, 2.05) is 0 Å². The predicted molar refractivity (Wildman–Crippen MR) is 67.2 cm³/mol. The summed E-state index contributed by atoms with van der Waals surface area (Å²) < 4.78 is 0. The molecule has 1 unspecified atom stereocenters. The first-order chi connectivity index (χ1) is 6.78.